The summed E-state index contributed by atoms with van der Waals surface area (Å²) in [7, 11) is -3.43. The second kappa shape index (κ2) is 15.1. The molecule has 4 rings (SSSR count). The molecule has 0 unspecified atom stereocenters. The van der Waals surface area contributed by atoms with E-state index in [0.717, 1.165) is 28.9 Å². The third-order valence-electron chi connectivity index (χ3n) is 6.21. The van der Waals surface area contributed by atoms with Gasteiger partial charge in [0.15, 0.2) is 0 Å². The summed E-state index contributed by atoms with van der Waals surface area (Å²) in [5, 5.41) is 13.5. The number of ether oxygens (including phenoxy) is 2. The van der Waals surface area contributed by atoms with Crippen LogP contribution in [0.4, 0.5) is 5.69 Å². The molecule has 0 radical (unpaired) electrons. The third-order valence-corrected chi connectivity index (χ3v) is 7.50. The van der Waals surface area contributed by atoms with E-state index >= 15 is 0 Å². The standard InChI is InChI=1S/C32H36N2O5S/c35-30(25-39-32-17-15-31(16-18-32)38-24-28-9-5-2-6-10-28)23-33-21-19-27-11-13-29(14-12-27)34-40(36,37)22-20-26-7-3-1-4-8-26/h1-18,30,33-35H,19-25H2/t30-/m0/s1. The number of sulfonamides is 1. The van der Waals surface area contributed by atoms with Crippen LogP contribution in [0.3, 0.4) is 0 Å². The van der Waals surface area contributed by atoms with Gasteiger partial charge in [0.2, 0.25) is 10.0 Å². The lowest BCUT2D eigenvalue weighted by Crippen LogP contribution is -2.32. The second-order valence-corrected chi connectivity index (χ2v) is 11.4. The first-order valence-electron chi connectivity index (χ1n) is 13.4. The van der Waals surface area contributed by atoms with E-state index in [1.165, 1.54) is 0 Å². The second-order valence-electron chi connectivity index (χ2n) is 9.52. The first kappa shape index (κ1) is 29.1. The van der Waals surface area contributed by atoms with Crippen molar-refractivity contribution in [3.63, 3.8) is 0 Å². The van der Waals surface area contributed by atoms with Gasteiger partial charge in [0.1, 0.15) is 30.8 Å². The molecule has 0 bridgehead atoms. The van der Waals surface area contributed by atoms with Gasteiger partial charge in [0.25, 0.3) is 0 Å². The molecule has 0 aromatic heterocycles. The Hall–Kier alpha value is -3.85. The maximum Gasteiger partial charge on any atom is 0.233 e. The molecule has 3 N–H and O–H groups in total. The van der Waals surface area contributed by atoms with Crippen molar-refractivity contribution >= 4 is 15.7 Å². The highest BCUT2D eigenvalue weighted by molar-refractivity contribution is 7.92. The summed E-state index contributed by atoms with van der Waals surface area (Å²) in [6, 6.07) is 34.3. The summed E-state index contributed by atoms with van der Waals surface area (Å²) in [6.45, 7) is 1.75. The van der Waals surface area contributed by atoms with Crippen molar-refractivity contribution in [2.24, 2.45) is 0 Å². The van der Waals surface area contributed by atoms with Crippen LogP contribution in [0.5, 0.6) is 11.5 Å². The Morgan fingerprint density at radius 1 is 0.675 bits per heavy atom. The lowest BCUT2D eigenvalue weighted by Gasteiger charge is -2.14. The van der Waals surface area contributed by atoms with Gasteiger partial charge >= 0.3 is 0 Å². The monoisotopic (exact) mass is 560 g/mol. The summed E-state index contributed by atoms with van der Waals surface area (Å²) < 4.78 is 38.9. The number of hydrogen-bond donors (Lipinski definition) is 3. The molecule has 210 valence electrons. The lowest BCUT2D eigenvalue weighted by molar-refractivity contribution is 0.106. The summed E-state index contributed by atoms with van der Waals surface area (Å²) in [4.78, 5) is 0. The quantitative estimate of drug-likeness (QED) is 0.170. The van der Waals surface area contributed by atoms with Crippen molar-refractivity contribution in [2.45, 2.75) is 25.6 Å². The summed E-state index contributed by atoms with van der Waals surface area (Å²) in [5.74, 6) is 1.46. The molecule has 0 aliphatic carbocycles. The van der Waals surface area contributed by atoms with Crippen LogP contribution >= 0.6 is 0 Å². The van der Waals surface area contributed by atoms with E-state index in [9.17, 15) is 13.5 Å². The predicted molar refractivity (Wildman–Crippen MR) is 159 cm³/mol. The van der Waals surface area contributed by atoms with Crippen LogP contribution in [0.1, 0.15) is 16.7 Å². The Kier molecular flexibility index (Phi) is 11.0. The first-order chi connectivity index (χ1) is 19.4. The molecule has 0 saturated carbocycles. The summed E-state index contributed by atoms with van der Waals surface area (Å²) in [5.41, 5.74) is 3.72. The minimum atomic E-state index is -3.43. The number of rotatable bonds is 16. The van der Waals surface area contributed by atoms with Crippen molar-refractivity contribution in [1.29, 1.82) is 0 Å². The van der Waals surface area contributed by atoms with Gasteiger partial charge in [-0.3, -0.25) is 4.72 Å². The van der Waals surface area contributed by atoms with Crippen molar-refractivity contribution < 1.29 is 23.0 Å². The van der Waals surface area contributed by atoms with Crippen LogP contribution in [0.15, 0.2) is 109 Å². The molecule has 4 aromatic carbocycles. The van der Waals surface area contributed by atoms with Gasteiger partial charge in [-0.1, -0.05) is 72.8 Å². The zero-order valence-electron chi connectivity index (χ0n) is 22.4. The molecule has 8 heteroatoms. The van der Waals surface area contributed by atoms with E-state index < -0.39 is 16.1 Å². The normalized spacial score (nSPS) is 12.0. The van der Waals surface area contributed by atoms with Crippen molar-refractivity contribution in [1.82, 2.24) is 5.32 Å². The molecule has 1 atom stereocenters. The van der Waals surface area contributed by atoms with Crippen LogP contribution in [0.25, 0.3) is 0 Å². The largest absolute Gasteiger partial charge is 0.491 e. The fraction of sp³-hybridized carbons (Fsp3) is 0.250. The molecule has 0 amide bonds. The van der Waals surface area contributed by atoms with Crippen LogP contribution in [-0.2, 0) is 29.5 Å². The van der Waals surface area contributed by atoms with Crippen molar-refractivity contribution in [2.75, 3.05) is 30.2 Å². The SMILES string of the molecule is O=S(=O)(CCc1ccccc1)Nc1ccc(CCNC[C@H](O)COc2ccc(OCc3ccccc3)cc2)cc1. The highest BCUT2D eigenvalue weighted by Gasteiger charge is 2.11. The van der Waals surface area contributed by atoms with Gasteiger partial charge in [-0.2, -0.15) is 0 Å². The number of anilines is 1. The van der Waals surface area contributed by atoms with E-state index in [1.54, 1.807) is 12.1 Å². The van der Waals surface area contributed by atoms with E-state index in [0.29, 0.717) is 37.6 Å². The van der Waals surface area contributed by atoms with E-state index in [4.69, 9.17) is 9.47 Å². The number of nitrogens with one attached hydrogen (secondary N) is 2. The highest BCUT2D eigenvalue weighted by atomic mass is 32.2. The minimum absolute atomic E-state index is 0.0310. The third kappa shape index (κ3) is 10.4. The lowest BCUT2D eigenvalue weighted by atomic mass is 10.1. The van der Waals surface area contributed by atoms with Gasteiger partial charge in [-0.05, 0) is 72.5 Å². The van der Waals surface area contributed by atoms with Gasteiger partial charge in [0.05, 0.1) is 5.75 Å². The van der Waals surface area contributed by atoms with Crippen LogP contribution in [0.2, 0.25) is 0 Å². The number of benzene rings is 4. The van der Waals surface area contributed by atoms with E-state index in [2.05, 4.69) is 10.0 Å². The average Bonchev–Trinajstić information content (AvgIpc) is 2.98. The van der Waals surface area contributed by atoms with Crippen LogP contribution in [-0.4, -0.2) is 45.1 Å². The molecule has 0 aliphatic heterocycles. The summed E-state index contributed by atoms with van der Waals surface area (Å²) >= 11 is 0. The zero-order chi connectivity index (χ0) is 28.0. The van der Waals surface area contributed by atoms with Crippen LogP contribution in [0, 0.1) is 0 Å². The predicted octanol–water partition coefficient (Wildman–Crippen LogP) is 4.82. The fourth-order valence-corrected chi connectivity index (χ4v) is 5.09. The number of aliphatic hydroxyl groups excluding tert-OH is 1. The molecule has 0 fully saturated rings. The molecule has 0 spiro atoms. The molecule has 7 nitrogen and oxygen atoms in total. The van der Waals surface area contributed by atoms with Gasteiger partial charge in [0, 0.05) is 12.2 Å². The fourth-order valence-electron chi connectivity index (χ4n) is 3.99. The summed E-state index contributed by atoms with van der Waals surface area (Å²) in [6.07, 6.45) is 0.563. The average molecular weight is 561 g/mol. The molecule has 0 aliphatic rings. The molecule has 40 heavy (non-hydrogen) atoms. The molecule has 0 heterocycles. The molecule has 0 saturated heterocycles. The first-order valence-corrected chi connectivity index (χ1v) is 15.0. The number of hydrogen-bond acceptors (Lipinski definition) is 6. The topological polar surface area (TPSA) is 96.9 Å². The van der Waals surface area contributed by atoms with E-state index in [1.807, 2.05) is 97.1 Å². The maximum atomic E-state index is 12.4. The van der Waals surface area contributed by atoms with Gasteiger partial charge < -0.3 is 19.9 Å². The Morgan fingerprint density at radius 2 is 1.25 bits per heavy atom. The van der Waals surface area contributed by atoms with Crippen LogP contribution < -0.4 is 19.5 Å². The number of aryl methyl sites for hydroxylation is 1. The molecular weight excluding hydrogens is 524 g/mol. The Labute approximate surface area is 236 Å². The van der Waals surface area contributed by atoms with Crippen molar-refractivity contribution in [3.8, 4) is 11.5 Å². The Bertz CT molecular complexity index is 1380. The Morgan fingerprint density at radius 3 is 1.90 bits per heavy atom. The number of aliphatic hydroxyl groups is 1. The minimum Gasteiger partial charge on any atom is -0.491 e. The van der Waals surface area contributed by atoms with Gasteiger partial charge in [-0.25, -0.2) is 8.42 Å². The van der Waals surface area contributed by atoms with Crippen molar-refractivity contribution in [3.05, 3.63) is 126 Å². The van der Waals surface area contributed by atoms with E-state index in [-0.39, 0.29) is 12.4 Å². The Balaban J connectivity index is 1.09. The highest BCUT2D eigenvalue weighted by Crippen LogP contribution is 2.19. The molecular formula is C32H36N2O5S. The smallest absolute Gasteiger partial charge is 0.233 e. The zero-order valence-corrected chi connectivity index (χ0v) is 23.2. The maximum absolute atomic E-state index is 12.4. The molecule has 4 aromatic rings. The van der Waals surface area contributed by atoms with Gasteiger partial charge in [-0.15, -0.1) is 0 Å².